The van der Waals surface area contributed by atoms with Crippen LogP contribution < -0.4 is 20.3 Å². The van der Waals surface area contributed by atoms with E-state index in [1.165, 1.54) is 12.8 Å². The summed E-state index contributed by atoms with van der Waals surface area (Å²) in [6.45, 7) is 4.85. The number of rotatable bonds is 3. The molecule has 2 bridgehead atoms. The zero-order valence-electron chi connectivity index (χ0n) is 23.7. The molecule has 2 N–H and O–H groups in total. The van der Waals surface area contributed by atoms with Crippen molar-refractivity contribution in [2.45, 2.75) is 51.5 Å². The maximum absolute atomic E-state index is 13.7. The van der Waals surface area contributed by atoms with Gasteiger partial charge in [0.05, 0.1) is 42.0 Å². The topological polar surface area (TPSA) is 106 Å². The number of aromatic nitrogens is 3. The Morgan fingerprint density at radius 1 is 1.05 bits per heavy atom. The summed E-state index contributed by atoms with van der Waals surface area (Å²) in [5.41, 5.74) is 5.72. The van der Waals surface area contributed by atoms with E-state index < -0.39 is 0 Å². The highest BCUT2D eigenvalue weighted by Crippen LogP contribution is 2.43. The molecule has 3 aromatic rings. The maximum atomic E-state index is 13.7. The van der Waals surface area contributed by atoms with E-state index in [9.17, 15) is 4.79 Å². The van der Waals surface area contributed by atoms with Crippen LogP contribution in [0.2, 0.25) is 0 Å². The zero-order valence-corrected chi connectivity index (χ0v) is 23.7. The maximum Gasteiger partial charge on any atom is 0.280 e. The molecular formula is C31H37N7O3. The molecule has 2 unspecified atom stereocenters. The van der Waals surface area contributed by atoms with Gasteiger partial charge in [-0.3, -0.25) is 9.78 Å². The first kappa shape index (κ1) is 26.0. The molecule has 4 aliphatic rings. The van der Waals surface area contributed by atoms with Crippen LogP contribution in [-0.2, 0) is 11.8 Å². The Morgan fingerprint density at radius 3 is 2.76 bits per heavy atom. The van der Waals surface area contributed by atoms with Crippen molar-refractivity contribution in [3.8, 4) is 17.1 Å². The monoisotopic (exact) mass is 555 g/mol. The number of amides is 1. The number of hydrogen-bond acceptors (Lipinski definition) is 8. The molecule has 0 radical (unpaired) electrons. The first-order valence-corrected chi connectivity index (χ1v) is 14.8. The van der Waals surface area contributed by atoms with Gasteiger partial charge in [0.15, 0.2) is 0 Å². The number of anilines is 3. The van der Waals surface area contributed by atoms with E-state index in [-0.39, 0.29) is 5.91 Å². The van der Waals surface area contributed by atoms with Crippen LogP contribution in [0.25, 0.3) is 11.3 Å². The minimum absolute atomic E-state index is 0.304. The standard InChI is InChI=1S/C31H37N7O3/c1-19-13-22-14-26(33-19)25-16-32-37(2)30(25)41-12-3-5-21(20-7-8-20)17-38-28-10-9-23(34-24-6-4-11-40-18-24)15-27(28)35-31(38)36-29(22)39/h9-10,13-16,20-21,24,34H,3-8,11-12,17-18H2,1-2H3,(H,35,36,39). The highest BCUT2D eigenvalue weighted by Gasteiger charge is 2.36. The van der Waals surface area contributed by atoms with Gasteiger partial charge in [-0.25, -0.2) is 4.68 Å². The number of pyridine rings is 1. The largest absolute Gasteiger partial charge is 0.477 e. The lowest BCUT2D eigenvalue weighted by Crippen LogP contribution is -2.36. The smallest absolute Gasteiger partial charge is 0.280 e. The van der Waals surface area contributed by atoms with Gasteiger partial charge in [-0.1, -0.05) is 0 Å². The molecule has 41 heavy (non-hydrogen) atoms. The number of fused-ring (bicyclic) bond motifs is 7. The van der Waals surface area contributed by atoms with Crippen LogP contribution in [0.5, 0.6) is 5.88 Å². The van der Waals surface area contributed by atoms with E-state index in [2.05, 4.69) is 43.8 Å². The van der Waals surface area contributed by atoms with Gasteiger partial charge >= 0.3 is 0 Å². The van der Waals surface area contributed by atoms with Crippen molar-refractivity contribution in [3.63, 3.8) is 0 Å². The molecule has 214 valence electrons. The van der Waals surface area contributed by atoms with Crippen molar-refractivity contribution in [2.75, 3.05) is 41.9 Å². The number of nitrogens with one attached hydrogen (secondary N) is 2. The number of benzene rings is 1. The first-order valence-electron chi connectivity index (χ1n) is 14.8. The third-order valence-electron chi connectivity index (χ3n) is 8.55. The Labute approximate surface area is 240 Å². The summed E-state index contributed by atoms with van der Waals surface area (Å²) in [4.78, 5) is 25.3. The molecule has 3 aliphatic heterocycles. The number of aryl methyl sites for hydroxylation is 2. The molecule has 7 rings (SSSR count). The lowest BCUT2D eigenvalue weighted by Gasteiger charge is -2.26. The molecule has 2 fully saturated rings. The van der Waals surface area contributed by atoms with Crippen molar-refractivity contribution >= 4 is 28.9 Å². The minimum atomic E-state index is -0.307. The fraction of sp³-hybridized carbons (Fsp3) is 0.484. The summed E-state index contributed by atoms with van der Waals surface area (Å²) >= 11 is 0. The van der Waals surface area contributed by atoms with Gasteiger partial charge in [-0.05, 0) is 87.6 Å². The number of carbonyl (C=O) groups is 1. The summed E-state index contributed by atoms with van der Waals surface area (Å²) in [5, 5.41) is 11.5. The van der Waals surface area contributed by atoms with Crippen molar-refractivity contribution in [1.82, 2.24) is 14.8 Å². The van der Waals surface area contributed by atoms with E-state index in [4.69, 9.17) is 14.5 Å². The molecule has 1 aromatic carbocycles. The quantitative estimate of drug-likeness (QED) is 0.465. The number of ether oxygens (including phenoxy) is 2. The van der Waals surface area contributed by atoms with Crippen molar-refractivity contribution in [3.05, 3.63) is 47.8 Å². The van der Waals surface area contributed by atoms with Crippen LogP contribution in [-0.4, -0.2) is 59.0 Å². The SMILES string of the molecule is Cc1cc2cc(n1)-c1cnn(C)c1OCCCC(C1CC1)CN1/C(=N/C2=O)Nc2cc(NC3CCCOC3)ccc21. The van der Waals surface area contributed by atoms with E-state index in [1.807, 2.05) is 14.0 Å². The number of aliphatic imine (C=N–C) groups is 1. The van der Waals surface area contributed by atoms with Crippen LogP contribution in [0.3, 0.4) is 0 Å². The molecule has 1 saturated heterocycles. The molecular weight excluding hydrogens is 518 g/mol. The molecule has 2 aromatic heterocycles. The second kappa shape index (κ2) is 10.8. The molecule has 1 saturated carbocycles. The second-order valence-corrected chi connectivity index (χ2v) is 11.7. The normalized spacial score (nSPS) is 24.0. The average Bonchev–Trinajstić information content (AvgIpc) is 3.67. The first-order chi connectivity index (χ1) is 20.0. The predicted octanol–water partition coefficient (Wildman–Crippen LogP) is 5.01. The Hall–Kier alpha value is -3.92. The lowest BCUT2D eigenvalue weighted by atomic mass is 9.97. The highest BCUT2D eigenvalue weighted by molar-refractivity contribution is 6.19. The lowest BCUT2D eigenvalue weighted by molar-refractivity contribution is 0.0876. The van der Waals surface area contributed by atoms with Crippen LogP contribution in [0.1, 0.15) is 54.6 Å². The molecule has 10 nitrogen and oxygen atoms in total. The van der Waals surface area contributed by atoms with Gasteiger partial charge in [0.1, 0.15) is 0 Å². The minimum Gasteiger partial charge on any atom is -0.477 e. The third-order valence-corrected chi connectivity index (χ3v) is 8.55. The van der Waals surface area contributed by atoms with Gasteiger partial charge in [0.2, 0.25) is 11.8 Å². The van der Waals surface area contributed by atoms with E-state index in [1.54, 1.807) is 23.0 Å². The Morgan fingerprint density at radius 2 is 1.93 bits per heavy atom. The van der Waals surface area contributed by atoms with Gasteiger partial charge in [-0.2, -0.15) is 10.1 Å². The summed E-state index contributed by atoms with van der Waals surface area (Å²) in [5.74, 6) is 2.11. The average molecular weight is 556 g/mol. The number of nitrogens with zero attached hydrogens (tertiary/aromatic N) is 5. The fourth-order valence-electron chi connectivity index (χ4n) is 6.28. The molecule has 0 spiro atoms. The van der Waals surface area contributed by atoms with E-state index in [0.29, 0.717) is 47.6 Å². The van der Waals surface area contributed by atoms with Crippen molar-refractivity contribution < 1.29 is 14.3 Å². The number of hydrogen-bond donors (Lipinski definition) is 2. The van der Waals surface area contributed by atoms with Crippen LogP contribution in [0.15, 0.2) is 41.5 Å². The van der Waals surface area contributed by atoms with Crippen molar-refractivity contribution in [2.24, 2.45) is 23.9 Å². The molecule has 5 heterocycles. The Kier molecular flexibility index (Phi) is 6.86. The molecule has 2 atom stereocenters. The van der Waals surface area contributed by atoms with Gasteiger partial charge < -0.3 is 25.0 Å². The third kappa shape index (κ3) is 5.40. The Bertz CT molecular complexity index is 1490. The molecule has 1 amide bonds. The molecule has 10 heteroatoms. The van der Waals surface area contributed by atoms with Crippen LogP contribution in [0, 0.1) is 18.8 Å². The molecule has 1 aliphatic carbocycles. The van der Waals surface area contributed by atoms with Crippen LogP contribution >= 0.6 is 0 Å². The summed E-state index contributed by atoms with van der Waals surface area (Å²) in [6, 6.07) is 10.3. The summed E-state index contributed by atoms with van der Waals surface area (Å²) in [6.07, 6.45) is 8.39. The summed E-state index contributed by atoms with van der Waals surface area (Å²) in [7, 11) is 1.87. The number of carbonyl (C=O) groups excluding carboxylic acids is 1. The van der Waals surface area contributed by atoms with Crippen molar-refractivity contribution in [1.29, 1.82) is 0 Å². The van der Waals surface area contributed by atoms with Gasteiger partial charge in [0, 0.05) is 43.2 Å². The number of guanidine groups is 1. The van der Waals surface area contributed by atoms with E-state index in [0.717, 1.165) is 73.8 Å². The second-order valence-electron chi connectivity index (χ2n) is 11.7. The predicted molar refractivity (Wildman–Crippen MR) is 159 cm³/mol. The van der Waals surface area contributed by atoms with E-state index >= 15 is 0 Å². The highest BCUT2D eigenvalue weighted by atomic mass is 16.5. The van der Waals surface area contributed by atoms with Crippen LogP contribution in [0.4, 0.5) is 17.1 Å². The zero-order chi connectivity index (χ0) is 27.9. The Balaban J connectivity index is 1.25. The van der Waals surface area contributed by atoms with Gasteiger partial charge in [0.25, 0.3) is 5.91 Å². The van der Waals surface area contributed by atoms with Gasteiger partial charge in [-0.15, -0.1) is 0 Å². The summed E-state index contributed by atoms with van der Waals surface area (Å²) < 4.78 is 13.7. The fourth-order valence-corrected chi connectivity index (χ4v) is 6.28.